The molecule has 0 radical (unpaired) electrons. The first kappa shape index (κ1) is 16.4. The van der Waals surface area contributed by atoms with Gasteiger partial charge in [0, 0.05) is 12.5 Å². The molecule has 1 N–H and O–H groups in total. The summed E-state index contributed by atoms with van der Waals surface area (Å²) in [4.78, 5) is 0. The maximum absolute atomic E-state index is 13.1. The van der Waals surface area contributed by atoms with Gasteiger partial charge in [0.1, 0.15) is 0 Å². The minimum atomic E-state index is -4.07. The molecule has 1 rings (SSSR count). The summed E-state index contributed by atoms with van der Waals surface area (Å²) in [5.74, 6) is 4.27. The van der Waals surface area contributed by atoms with Crippen molar-refractivity contribution in [1.29, 1.82) is 0 Å². The van der Waals surface area contributed by atoms with Crippen LogP contribution in [0.5, 0.6) is 0 Å². The molecule has 4 heteroatoms. The number of hydrogen-bond donors (Lipinski definition) is 1. The van der Waals surface area contributed by atoms with E-state index in [-0.39, 0.29) is 18.4 Å². The summed E-state index contributed by atoms with van der Waals surface area (Å²) < 4.78 is 39.4. The normalized spacial score (nSPS) is 25.5. The maximum atomic E-state index is 13.1. The topological polar surface area (TPSA) is 12.0 Å². The summed E-state index contributed by atoms with van der Waals surface area (Å²) in [7, 11) is 0. The summed E-state index contributed by atoms with van der Waals surface area (Å²) in [6, 6.07) is -0.126. The molecule has 1 nitrogen and oxygen atoms in total. The Balaban J connectivity index is 2.78. The van der Waals surface area contributed by atoms with E-state index >= 15 is 0 Å². The Labute approximate surface area is 114 Å². The predicted molar refractivity (Wildman–Crippen MR) is 71.7 cm³/mol. The SMILES string of the molecule is CC#CCC(NCCC)C1CCCCC1C(F)(F)F. The average Bonchev–Trinajstić information content (AvgIpc) is 2.38. The fourth-order valence-corrected chi connectivity index (χ4v) is 2.96. The lowest BCUT2D eigenvalue weighted by atomic mass is 9.74. The van der Waals surface area contributed by atoms with Gasteiger partial charge < -0.3 is 5.32 Å². The first-order valence-electron chi connectivity index (χ1n) is 7.20. The van der Waals surface area contributed by atoms with Crippen LogP contribution in [0.15, 0.2) is 0 Å². The van der Waals surface area contributed by atoms with Gasteiger partial charge in [-0.15, -0.1) is 11.8 Å². The molecule has 0 heterocycles. The van der Waals surface area contributed by atoms with E-state index in [1.807, 2.05) is 6.92 Å². The highest BCUT2D eigenvalue weighted by molar-refractivity contribution is 5.01. The van der Waals surface area contributed by atoms with Gasteiger partial charge in [-0.05, 0) is 38.6 Å². The van der Waals surface area contributed by atoms with Crippen molar-refractivity contribution in [3.05, 3.63) is 0 Å². The summed E-state index contributed by atoms with van der Waals surface area (Å²) in [6.07, 6.45) is -0.0825. The van der Waals surface area contributed by atoms with Crippen molar-refractivity contribution in [3.63, 3.8) is 0 Å². The maximum Gasteiger partial charge on any atom is 0.392 e. The van der Waals surface area contributed by atoms with E-state index in [0.717, 1.165) is 19.4 Å². The minimum Gasteiger partial charge on any atom is -0.313 e. The Bertz CT molecular complexity index is 314. The van der Waals surface area contributed by atoms with Crippen molar-refractivity contribution < 1.29 is 13.2 Å². The van der Waals surface area contributed by atoms with Crippen LogP contribution in [0.3, 0.4) is 0 Å². The number of nitrogens with one attached hydrogen (secondary N) is 1. The number of rotatable bonds is 5. The third kappa shape index (κ3) is 5.06. The number of hydrogen-bond acceptors (Lipinski definition) is 1. The zero-order valence-corrected chi connectivity index (χ0v) is 11.8. The number of alkyl halides is 3. The van der Waals surface area contributed by atoms with E-state index in [2.05, 4.69) is 17.2 Å². The highest BCUT2D eigenvalue weighted by atomic mass is 19.4. The molecular weight excluding hydrogens is 251 g/mol. The van der Waals surface area contributed by atoms with Crippen molar-refractivity contribution in [2.24, 2.45) is 11.8 Å². The zero-order valence-electron chi connectivity index (χ0n) is 11.8. The van der Waals surface area contributed by atoms with Gasteiger partial charge in [-0.3, -0.25) is 0 Å². The number of halogens is 3. The van der Waals surface area contributed by atoms with Crippen LogP contribution in [0.2, 0.25) is 0 Å². The quantitative estimate of drug-likeness (QED) is 0.744. The van der Waals surface area contributed by atoms with Gasteiger partial charge in [-0.25, -0.2) is 0 Å². The molecule has 1 saturated carbocycles. The van der Waals surface area contributed by atoms with E-state index < -0.39 is 12.1 Å². The minimum absolute atomic E-state index is 0.126. The molecule has 3 atom stereocenters. The Morgan fingerprint density at radius 1 is 1.26 bits per heavy atom. The Hall–Kier alpha value is -0.690. The molecule has 19 heavy (non-hydrogen) atoms. The Morgan fingerprint density at radius 2 is 1.95 bits per heavy atom. The molecule has 110 valence electrons. The fraction of sp³-hybridized carbons (Fsp3) is 0.867. The second-order valence-electron chi connectivity index (χ2n) is 5.29. The van der Waals surface area contributed by atoms with Crippen LogP contribution in [0.1, 0.15) is 52.4 Å². The molecule has 0 saturated heterocycles. The molecule has 1 fully saturated rings. The van der Waals surface area contributed by atoms with Crippen molar-refractivity contribution in [2.75, 3.05) is 6.54 Å². The molecule has 0 amide bonds. The van der Waals surface area contributed by atoms with E-state index in [4.69, 9.17) is 0 Å². The largest absolute Gasteiger partial charge is 0.392 e. The van der Waals surface area contributed by atoms with Gasteiger partial charge in [0.05, 0.1) is 5.92 Å². The van der Waals surface area contributed by atoms with E-state index in [1.54, 1.807) is 6.92 Å². The molecular formula is C15H24F3N. The van der Waals surface area contributed by atoms with Crippen LogP contribution in [-0.2, 0) is 0 Å². The second kappa shape index (κ2) is 7.79. The van der Waals surface area contributed by atoms with Crippen LogP contribution in [0.4, 0.5) is 13.2 Å². The molecule has 0 aromatic heterocycles. The molecule has 0 bridgehead atoms. The van der Waals surface area contributed by atoms with Crippen LogP contribution in [0, 0.1) is 23.7 Å². The smallest absolute Gasteiger partial charge is 0.313 e. The first-order valence-corrected chi connectivity index (χ1v) is 7.20. The van der Waals surface area contributed by atoms with Gasteiger partial charge in [0.25, 0.3) is 0 Å². The van der Waals surface area contributed by atoms with Crippen LogP contribution in [-0.4, -0.2) is 18.8 Å². The van der Waals surface area contributed by atoms with Crippen LogP contribution < -0.4 is 5.32 Å². The third-order valence-electron chi connectivity index (χ3n) is 3.91. The molecule has 1 aliphatic rings. The lowest BCUT2D eigenvalue weighted by Crippen LogP contribution is -2.45. The van der Waals surface area contributed by atoms with Crippen molar-refractivity contribution in [2.45, 2.75) is 64.6 Å². The van der Waals surface area contributed by atoms with Gasteiger partial charge in [-0.2, -0.15) is 13.2 Å². The highest BCUT2D eigenvalue weighted by Gasteiger charge is 2.47. The standard InChI is InChI=1S/C15H24F3N/c1-3-5-10-14(19-11-4-2)12-8-6-7-9-13(12)15(16,17)18/h12-14,19H,4,6-11H2,1-2H3. The third-order valence-corrected chi connectivity index (χ3v) is 3.91. The zero-order chi connectivity index (χ0) is 14.3. The summed E-state index contributed by atoms with van der Waals surface area (Å²) in [6.45, 7) is 4.52. The molecule has 0 aromatic carbocycles. The van der Waals surface area contributed by atoms with Crippen LogP contribution >= 0.6 is 0 Å². The van der Waals surface area contributed by atoms with Gasteiger partial charge >= 0.3 is 6.18 Å². The monoisotopic (exact) mass is 275 g/mol. The van der Waals surface area contributed by atoms with E-state index in [0.29, 0.717) is 19.3 Å². The van der Waals surface area contributed by atoms with E-state index in [1.165, 1.54) is 0 Å². The lowest BCUT2D eigenvalue weighted by molar-refractivity contribution is -0.199. The summed E-state index contributed by atoms with van der Waals surface area (Å²) in [5.41, 5.74) is 0. The molecule has 0 aliphatic heterocycles. The molecule has 3 unspecified atom stereocenters. The average molecular weight is 275 g/mol. The van der Waals surface area contributed by atoms with Gasteiger partial charge in [0.2, 0.25) is 0 Å². The summed E-state index contributed by atoms with van der Waals surface area (Å²) >= 11 is 0. The summed E-state index contributed by atoms with van der Waals surface area (Å²) in [5, 5.41) is 3.27. The van der Waals surface area contributed by atoms with Gasteiger partial charge in [-0.1, -0.05) is 19.8 Å². The van der Waals surface area contributed by atoms with Crippen molar-refractivity contribution in [1.82, 2.24) is 5.32 Å². The Morgan fingerprint density at radius 3 is 2.53 bits per heavy atom. The van der Waals surface area contributed by atoms with Crippen molar-refractivity contribution in [3.8, 4) is 11.8 Å². The lowest BCUT2D eigenvalue weighted by Gasteiger charge is -2.38. The van der Waals surface area contributed by atoms with Crippen LogP contribution in [0.25, 0.3) is 0 Å². The predicted octanol–water partition coefficient (Wildman–Crippen LogP) is 4.14. The fourth-order valence-electron chi connectivity index (χ4n) is 2.96. The van der Waals surface area contributed by atoms with Crippen molar-refractivity contribution >= 4 is 0 Å². The second-order valence-corrected chi connectivity index (χ2v) is 5.29. The molecule has 0 spiro atoms. The van der Waals surface area contributed by atoms with Gasteiger partial charge in [0.15, 0.2) is 0 Å². The highest BCUT2D eigenvalue weighted by Crippen LogP contribution is 2.43. The Kier molecular flexibility index (Phi) is 6.71. The molecule has 1 aliphatic carbocycles. The van der Waals surface area contributed by atoms with E-state index in [9.17, 15) is 13.2 Å². The first-order chi connectivity index (χ1) is 9.00. The molecule has 0 aromatic rings.